The van der Waals surface area contributed by atoms with Crippen molar-refractivity contribution in [2.75, 3.05) is 0 Å². The summed E-state index contributed by atoms with van der Waals surface area (Å²) in [6.07, 6.45) is 20.1. The minimum absolute atomic E-state index is 0.760. The summed E-state index contributed by atoms with van der Waals surface area (Å²) >= 11 is 0. The van der Waals surface area contributed by atoms with E-state index in [4.69, 9.17) is 0 Å². The topological polar surface area (TPSA) is 35.5 Å². The lowest BCUT2D eigenvalue weighted by Crippen LogP contribution is -1.81. The van der Waals surface area contributed by atoms with Gasteiger partial charge in [-0.1, -0.05) is 58.3 Å². The van der Waals surface area contributed by atoms with Crippen molar-refractivity contribution in [3.05, 3.63) is 24.7 Å². The Balaban J connectivity index is 0.000000443. The lowest BCUT2D eigenvalue weighted by Gasteiger charge is -1.99. The Morgan fingerprint density at radius 3 is 1.63 bits per heavy atom. The van der Waals surface area contributed by atoms with E-state index in [0.717, 1.165) is 19.1 Å². The third kappa shape index (κ3) is 16.8. The van der Waals surface area contributed by atoms with E-state index in [1.807, 2.05) is 0 Å². The molecule has 0 saturated heterocycles. The van der Waals surface area contributed by atoms with Crippen molar-refractivity contribution in [3.63, 3.8) is 0 Å². The van der Waals surface area contributed by atoms with E-state index in [0.29, 0.717) is 0 Å². The highest BCUT2D eigenvalue weighted by molar-refractivity contribution is 5.48. The van der Waals surface area contributed by atoms with Crippen LogP contribution in [0.1, 0.15) is 71.1 Å². The SMILES string of the molecule is C1=COOC=C1.CCCCCCCCCCCC=O. The van der Waals surface area contributed by atoms with E-state index < -0.39 is 0 Å². The second-order valence-electron chi connectivity index (χ2n) is 4.63. The van der Waals surface area contributed by atoms with Gasteiger partial charge in [-0.05, 0) is 18.6 Å². The Kier molecular flexibility index (Phi) is 15.6. The molecule has 1 aliphatic heterocycles. The number of hydrogen-bond donors (Lipinski definition) is 0. The maximum Gasteiger partial charge on any atom is 0.142 e. The van der Waals surface area contributed by atoms with Crippen LogP contribution in [0.2, 0.25) is 0 Å². The van der Waals surface area contributed by atoms with Crippen LogP contribution in [0.3, 0.4) is 0 Å². The second-order valence-corrected chi connectivity index (χ2v) is 4.63. The van der Waals surface area contributed by atoms with E-state index in [9.17, 15) is 4.79 Å². The Bertz CT molecular complexity index is 222. The first kappa shape index (κ1) is 17.8. The fourth-order valence-corrected chi connectivity index (χ4v) is 1.76. The molecule has 0 aromatic heterocycles. The maximum absolute atomic E-state index is 10.0. The number of hydrogen-bond acceptors (Lipinski definition) is 3. The number of carbonyl (C=O) groups excluding carboxylic acids is 1. The highest BCUT2D eigenvalue weighted by Crippen LogP contribution is 2.09. The predicted octanol–water partition coefficient (Wildman–Crippen LogP) is 5.08. The van der Waals surface area contributed by atoms with Gasteiger partial charge in [0, 0.05) is 6.42 Å². The summed E-state index contributed by atoms with van der Waals surface area (Å²) < 4.78 is 0. The lowest BCUT2D eigenvalue weighted by atomic mass is 10.1. The van der Waals surface area contributed by atoms with Crippen LogP contribution in [0, 0.1) is 0 Å². The zero-order valence-electron chi connectivity index (χ0n) is 12.2. The van der Waals surface area contributed by atoms with E-state index in [1.54, 1.807) is 12.2 Å². The summed E-state index contributed by atoms with van der Waals surface area (Å²) in [7, 11) is 0. The summed E-state index contributed by atoms with van der Waals surface area (Å²) in [5, 5.41) is 0. The average Bonchev–Trinajstić information content (AvgIpc) is 2.48. The van der Waals surface area contributed by atoms with Gasteiger partial charge in [-0.15, -0.1) is 0 Å². The van der Waals surface area contributed by atoms with E-state index in [1.165, 1.54) is 63.9 Å². The Morgan fingerprint density at radius 1 is 0.789 bits per heavy atom. The predicted molar refractivity (Wildman–Crippen MR) is 78.4 cm³/mol. The maximum atomic E-state index is 10.0. The first-order valence-corrected chi connectivity index (χ1v) is 7.49. The van der Waals surface area contributed by atoms with Crippen molar-refractivity contribution in [1.29, 1.82) is 0 Å². The van der Waals surface area contributed by atoms with Crippen LogP contribution in [-0.4, -0.2) is 6.29 Å². The van der Waals surface area contributed by atoms with Gasteiger partial charge in [0.25, 0.3) is 0 Å². The molecule has 0 fully saturated rings. The summed E-state index contributed by atoms with van der Waals surface area (Å²) in [4.78, 5) is 18.6. The van der Waals surface area contributed by atoms with Crippen molar-refractivity contribution in [1.82, 2.24) is 0 Å². The number of allylic oxidation sites excluding steroid dienone is 2. The third-order valence-electron chi connectivity index (χ3n) is 2.86. The molecule has 0 atom stereocenters. The van der Waals surface area contributed by atoms with Gasteiger partial charge in [0.15, 0.2) is 0 Å². The van der Waals surface area contributed by atoms with Crippen molar-refractivity contribution in [3.8, 4) is 0 Å². The summed E-state index contributed by atoms with van der Waals surface area (Å²) in [6.45, 7) is 2.25. The molecule has 0 aromatic rings. The Labute approximate surface area is 117 Å². The average molecular weight is 268 g/mol. The fraction of sp³-hybridized carbons (Fsp3) is 0.688. The lowest BCUT2D eigenvalue weighted by molar-refractivity contribution is -0.198. The minimum Gasteiger partial charge on any atom is -0.303 e. The van der Waals surface area contributed by atoms with Gasteiger partial charge < -0.3 is 4.79 Å². The van der Waals surface area contributed by atoms with Crippen molar-refractivity contribution < 1.29 is 14.6 Å². The van der Waals surface area contributed by atoms with Crippen LogP contribution in [0.15, 0.2) is 24.7 Å². The van der Waals surface area contributed by atoms with Gasteiger partial charge in [0.2, 0.25) is 0 Å². The van der Waals surface area contributed by atoms with E-state index >= 15 is 0 Å². The number of carbonyl (C=O) groups is 1. The van der Waals surface area contributed by atoms with Crippen molar-refractivity contribution in [2.45, 2.75) is 71.1 Å². The fourth-order valence-electron chi connectivity index (χ4n) is 1.76. The summed E-state index contributed by atoms with van der Waals surface area (Å²) in [6, 6.07) is 0. The van der Waals surface area contributed by atoms with Crippen LogP contribution in [0.5, 0.6) is 0 Å². The standard InChI is InChI=1S/C12H24O.C4H4O2/c1-2-3-4-5-6-7-8-9-10-11-12-13;1-2-4-6-5-3-1/h12H,2-11H2,1H3;1-4H. The normalized spacial score (nSPS) is 12.1. The molecular weight excluding hydrogens is 240 g/mol. The minimum atomic E-state index is 0.760. The van der Waals surface area contributed by atoms with Crippen molar-refractivity contribution in [2.24, 2.45) is 0 Å². The second kappa shape index (κ2) is 16.8. The number of rotatable bonds is 10. The monoisotopic (exact) mass is 268 g/mol. The first-order chi connectivity index (χ1) is 9.41. The Morgan fingerprint density at radius 2 is 1.26 bits per heavy atom. The quantitative estimate of drug-likeness (QED) is 0.315. The molecular formula is C16H28O3. The molecule has 0 aromatic carbocycles. The molecule has 3 heteroatoms. The molecule has 0 bridgehead atoms. The van der Waals surface area contributed by atoms with Gasteiger partial charge >= 0.3 is 0 Å². The molecule has 110 valence electrons. The van der Waals surface area contributed by atoms with Crippen LogP contribution in [0.25, 0.3) is 0 Å². The van der Waals surface area contributed by atoms with Gasteiger partial charge in [-0.25, -0.2) is 0 Å². The largest absolute Gasteiger partial charge is 0.303 e. The molecule has 19 heavy (non-hydrogen) atoms. The molecule has 1 rings (SSSR count). The van der Waals surface area contributed by atoms with Crippen LogP contribution in [-0.2, 0) is 14.6 Å². The van der Waals surface area contributed by atoms with E-state index in [2.05, 4.69) is 16.7 Å². The first-order valence-electron chi connectivity index (χ1n) is 7.49. The highest BCUT2D eigenvalue weighted by atomic mass is 17.2. The van der Waals surface area contributed by atoms with Crippen LogP contribution in [0.4, 0.5) is 0 Å². The molecule has 0 unspecified atom stereocenters. The molecule has 0 amide bonds. The molecule has 1 heterocycles. The molecule has 0 spiro atoms. The smallest absolute Gasteiger partial charge is 0.142 e. The summed E-state index contributed by atoms with van der Waals surface area (Å²) in [5.41, 5.74) is 0. The van der Waals surface area contributed by atoms with E-state index in [-0.39, 0.29) is 0 Å². The zero-order valence-corrected chi connectivity index (χ0v) is 12.2. The molecule has 0 saturated carbocycles. The number of aldehydes is 1. The van der Waals surface area contributed by atoms with Crippen LogP contribution < -0.4 is 0 Å². The molecule has 0 radical (unpaired) electrons. The van der Waals surface area contributed by atoms with Crippen LogP contribution >= 0.6 is 0 Å². The highest BCUT2D eigenvalue weighted by Gasteiger charge is 1.91. The summed E-state index contributed by atoms with van der Waals surface area (Å²) in [5.74, 6) is 0. The third-order valence-corrected chi connectivity index (χ3v) is 2.86. The Hall–Kier alpha value is -1.25. The van der Waals surface area contributed by atoms with Crippen molar-refractivity contribution >= 4 is 6.29 Å². The molecule has 1 aliphatic rings. The molecule has 3 nitrogen and oxygen atoms in total. The van der Waals surface area contributed by atoms with Gasteiger partial charge in [0.05, 0.1) is 0 Å². The molecule has 0 aliphatic carbocycles. The molecule has 0 N–H and O–H groups in total. The van der Waals surface area contributed by atoms with Gasteiger partial charge in [0.1, 0.15) is 18.8 Å². The van der Waals surface area contributed by atoms with Gasteiger partial charge in [-0.2, -0.15) is 0 Å². The van der Waals surface area contributed by atoms with Gasteiger partial charge in [-0.3, -0.25) is 9.78 Å². The number of unbranched alkanes of at least 4 members (excludes halogenated alkanes) is 9. The zero-order chi connectivity index (χ0) is 14.0.